The number of benzene rings is 1. The number of nitrogens with one attached hydrogen (secondary N) is 2. The van der Waals surface area contributed by atoms with Crippen LogP contribution in [0, 0.1) is 18.3 Å². The van der Waals surface area contributed by atoms with Crippen LogP contribution < -0.4 is 16.4 Å². The molecule has 0 aliphatic carbocycles. The van der Waals surface area contributed by atoms with Crippen molar-refractivity contribution in [2.75, 3.05) is 36.0 Å². The van der Waals surface area contributed by atoms with Crippen molar-refractivity contribution in [3.8, 4) is 6.07 Å². The molecule has 30 heavy (non-hydrogen) atoms. The lowest BCUT2D eigenvalue weighted by molar-refractivity contribution is -0.130. The molecule has 2 aromatic rings. The fraction of sp³-hybridized carbons (Fsp3) is 0.455. The van der Waals surface area contributed by atoms with Gasteiger partial charge < -0.3 is 21.3 Å². The molecule has 1 aromatic carbocycles. The smallest absolute Gasteiger partial charge is 0.241 e. The Kier molecular flexibility index (Phi) is 7.07. The number of likely N-dealkylation sites (tertiary alicyclic amines) is 1. The van der Waals surface area contributed by atoms with Gasteiger partial charge in [0, 0.05) is 24.8 Å². The molecule has 0 bridgehead atoms. The predicted molar refractivity (Wildman–Crippen MR) is 118 cm³/mol. The minimum atomic E-state index is 0.0132. The van der Waals surface area contributed by atoms with Gasteiger partial charge in [-0.05, 0) is 49.4 Å². The highest BCUT2D eigenvalue weighted by molar-refractivity contribution is 5.81. The number of nitrogens with zero attached hydrogens (tertiary/aromatic N) is 4. The van der Waals surface area contributed by atoms with Gasteiger partial charge in [-0.3, -0.25) is 4.79 Å². The molecule has 0 saturated carbocycles. The van der Waals surface area contributed by atoms with E-state index in [-0.39, 0.29) is 29.9 Å². The molecule has 2 heterocycles. The summed E-state index contributed by atoms with van der Waals surface area (Å²) < 4.78 is 0. The Morgan fingerprint density at radius 3 is 2.97 bits per heavy atom. The second-order valence-corrected chi connectivity index (χ2v) is 7.73. The Hall–Kier alpha value is -3.34. The van der Waals surface area contributed by atoms with E-state index in [1.165, 1.54) is 17.5 Å². The van der Waals surface area contributed by atoms with Gasteiger partial charge in [0.2, 0.25) is 5.91 Å². The summed E-state index contributed by atoms with van der Waals surface area (Å²) in [6.07, 6.45) is 5.24. The Balaban J connectivity index is 1.58. The first-order valence-corrected chi connectivity index (χ1v) is 10.4. The second-order valence-electron chi connectivity index (χ2n) is 7.73. The number of rotatable bonds is 7. The quantitative estimate of drug-likeness (QED) is 0.645. The lowest BCUT2D eigenvalue weighted by Gasteiger charge is -2.33. The van der Waals surface area contributed by atoms with Gasteiger partial charge in [-0.1, -0.05) is 19.4 Å². The molecule has 1 aliphatic rings. The average molecular weight is 408 g/mol. The number of amides is 1. The Morgan fingerprint density at radius 1 is 1.37 bits per heavy atom. The molecule has 1 atom stereocenters. The van der Waals surface area contributed by atoms with Gasteiger partial charge >= 0.3 is 0 Å². The Bertz CT molecular complexity index is 938. The molecule has 1 aromatic heterocycles. The molecule has 158 valence electrons. The van der Waals surface area contributed by atoms with Crippen LogP contribution in [0.1, 0.15) is 42.9 Å². The van der Waals surface area contributed by atoms with Crippen molar-refractivity contribution < 1.29 is 4.79 Å². The van der Waals surface area contributed by atoms with Crippen LogP contribution >= 0.6 is 0 Å². The topological polar surface area (TPSA) is 120 Å². The normalized spacial score (nSPS) is 16.0. The van der Waals surface area contributed by atoms with Crippen LogP contribution in [0.2, 0.25) is 0 Å². The SMILES string of the molecule is CCCc1cc(C)cc(NCC(=O)N2CCCC(Nc3ncnc(N)c3C#N)C2)c1. The number of anilines is 3. The molecule has 3 rings (SSSR count). The van der Waals surface area contributed by atoms with E-state index in [1.807, 2.05) is 11.0 Å². The second kappa shape index (κ2) is 9.92. The highest BCUT2D eigenvalue weighted by Crippen LogP contribution is 2.20. The van der Waals surface area contributed by atoms with E-state index in [2.05, 4.69) is 52.6 Å². The zero-order valence-corrected chi connectivity index (χ0v) is 17.6. The number of aryl methyl sites for hydroxylation is 2. The minimum Gasteiger partial charge on any atom is -0.382 e. The van der Waals surface area contributed by atoms with E-state index in [4.69, 9.17) is 5.73 Å². The van der Waals surface area contributed by atoms with Gasteiger partial charge in [-0.25, -0.2) is 9.97 Å². The van der Waals surface area contributed by atoms with Crippen molar-refractivity contribution in [3.05, 3.63) is 41.2 Å². The van der Waals surface area contributed by atoms with E-state index in [1.54, 1.807) is 0 Å². The summed E-state index contributed by atoms with van der Waals surface area (Å²) in [5.74, 6) is 0.636. The van der Waals surface area contributed by atoms with Crippen molar-refractivity contribution in [1.29, 1.82) is 5.26 Å². The first kappa shape index (κ1) is 21.4. The molecule has 0 spiro atoms. The maximum Gasteiger partial charge on any atom is 0.241 e. The maximum atomic E-state index is 12.8. The van der Waals surface area contributed by atoms with Crippen LogP contribution in [-0.4, -0.2) is 46.5 Å². The monoisotopic (exact) mass is 407 g/mol. The third-order valence-electron chi connectivity index (χ3n) is 5.22. The third-order valence-corrected chi connectivity index (χ3v) is 5.22. The molecule has 1 unspecified atom stereocenters. The summed E-state index contributed by atoms with van der Waals surface area (Å²) in [7, 11) is 0. The number of nitriles is 1. The molecular weight excluding hydrogens is 378 g/mol. The number of piperidine rings is 1. The molecule has 8 nitrogen and oxygen atoms in total. The van der Waals surface area contributed by atoms with Crippen LogP contribution in [0.4, 0.5) is 17.3 Å². The maximum absolute atomic E-state index is 12.8. The van der Waals surface area contributed by atoms with Crippen LogP contribution in [0.25, 0.3) is 0 Å². The van der Waals surface area contributed by atoms with E-state index < -0.39 is 0 Å². The number of aromatic nitrogens is 2. The summed E-state index contributed by atoms with van der Waals surface area (Å²) in [5, 5.41) is 15.8. The van der Waals surface area contributed by atoms with E-state index in [0.29, 0.717) is 12.4 Å². The van der Waals surface area contributed by atoms with Crippen LogP contribution in [0.3, 0.4) is 0 Å². The molecule has 1 amide bonds. The van der Waals surface area contributed by atoms with Crippen molar-refractivity contribution in [1.82, 2.24) is 14.9 Å². The summed E-state index contributed by atoms with van der Waals surface area (Å²) in [6.45, 7) is 5.78. The lowest BCUT2D eigenvalue weighted by atomic mass is 10.0. The number of hydrogen-bond acceptors (Lipinski definition) is 7. The largest absolute Gasteiger partial charge is 0.382 e. The van der Waals surface area contributed by atoms with E-state index in [9.17, 15) is 10.1 Å². The van der Waals surface area contributed by atoms with E-state index in [0.717, 1.165) is 37.9 Å². The standard InChI is InChI=1S/C22H29N7O/c1-3-5-16-8-15(2)9-18(10-16)25-12-20(30)29-7-4-6-17(13-29)28-22-19(11-23)21(24)26-14-27-22/h8-10,14,17,25H,3-7,12-13H2,1-2H3,(H3,24,26,27,28). The van der Waals surface area contributed by atoms with Gasteiger partial charge in [-0.15, -0.1) is 0 Å². The average Bonchev–Trinajstić information content (AvgIpc) is 2.72. The highest BCUT2D eigenvalue weighted by atomic mass is 16.2. The predicted octanol–water partition coefficient (Wildman–Crippen LogP) is 2.71. The molecular formula is C22H29N7O. The number of hydrogen-bond donors (Lipinski definition) is 3. The number of nitrogen functional groups attached to an aromatic ring is 1. The Morgan fingerprint density at radius 2 is 2.20 bits per heavy atom. The molecule has 4 N–H and O–H groups in total. The van der Waals surface area contributed by atoms with Crippen molar-refractivity contribution in [3.63, 3.8) is 0 Å². The lowest BCUT2D eigenvalue weighted by Crippen LogP contribution is -2.47. The summed E-state index contributed by atoms with van der Waals surface area (Å²) >= 11 is 0. The van der Waals surface area contributed by atoms with Crippen LogP contribution in [0.15, 0.2) is 24.5 Å². The fourth-order valence-corrected chi connectivity index (χ4v) is 3.82. The first-order chi connectivity index (χ1) is 14.5. The van der Waals surface area contributed by atoms with Gasteiger partial charge in [0.05, 0.1) is 6.54 Å². The van der Waals surface area contributed by atoms with Gasteiger partial charge in [0.25, 0.3) is 0 Å². The van der Waals surface area contributed by atoms with Crippen molar-refractivity contribution in [2.24, 2.45) is 0 Å². The van der Waals surface area contributed by atoms with Gasteiger partial charge in [-0.2, -0.15) is 5.26 Å². The number of nitrogens with two attached hydrogens (primary N) is 1. The molecule has 1 fully saturated rings. The van der Waals surface area contributed by atoms with Crippen molar-refractivity contribution >= 4 is 23.2 Å². The summed E-state index contributed by atoms with van der Waals surface area (Å²) in [4.78, 5) is 22.6. The van der Waals surface area contributed by atoms with Gasteiger partial charge in [0.1, 0.15) is 29.6 Å². The highest BCUT2D eigenvalue weighted by Gasteiger charge is 2.24. The van der Waals surface area contributed by atoms with Crippen LogP contribution in [0.5, 0.6) is 0 Å². The molecule has 0 radical (unpaired) electrons. The third kappa shape index (κ3) is 5.38. The molecule has 1 aliphatic heterocycles. The number of carbonyl (C=O) groups excluding carboxylic acids is 1. The van der Waals surface area contributed by atoms with Gasteiger partial charge in [0.15, 0.2) is 0 Å². The molecule has 1 saturated heterocycles. The van der Waals surface area contributed by atoms with Crippen molar-refractivity contribution in [2.45, 2.75) is 45.6 Å². The molecule has 8 heteroatoms. The first-order valence-electron chi connectivity index (χ1n) is 10.4. The zero-order valence-electron chi connectivity index (χ0n) is 17.6. The number of carbonyl (C=O) groups is 1. The van der Waals surface area contributed by atoms with Crippen LogP contribution in [-0.2, 0) is 11.2 Å². The summed E-state index contributed by atoms with van der Waals surface area (Å²) in [5.41, 5.74) is 9.46. The summed E-state index contributed by atoms with van der Waals surface area (Å²) in [6, 6.07) is 8.43. The zero-order chi connectivity index (χ0) is 21.5. The fourth-order valence-electron chi connectivity index (χ4n) is 3.82. The Labute approximate surface area is 177 Å². The minimum absolute atomic E-state index is 0.0132. The van der Waals surface area contributed by atoms with E-state index >= 15 is 0 Å².